The standard InChI is InChI=1S/C24H25F2N3O/c1-4-15-12-13-24(5-2,20-10-7-11-21(30)29(20)3)23-16(15)14-19(27-28-23)22-17(25)8-6-9-18(22)26/h6-11,14-15H,4-5,12-13H2,1-3H3/t15-,24+/m0/s1. The van der Waals surface area contributed by atoms with Crippen molar-refractivity contribution in [3.8, 4) is 11.3 Å². The summed E-state index contributed by atoms with van der Waals surface area (Å²) >= 11 is 0. The molecule has 4 nitrogen and oxygen atoms in total. The minimum Gasteiger partial charge on any atom is -0.315 e. The number of hydrogen-bond donors (Lipinski definition) is 0. The van der Waals surface area contributed by atoms with Crippen molar-refractivity contribution in [1.29, 1.82) is 0 Å². The molecule has 2 aromatic heterocycles. The molecular weight excluding hydrogens is 384 g/mol. The number of pyridine rings is 1. The van der Waals surface area contributed by atoms with Crippen LogP contribution < -0.4 is 5.56 Å². The van der Waals surface area contributed by atoms with E-state index >= 15 is 0 Å². The van der Waals surface area contributed by atoms with Crippen LogP contribution in [0.5, 0.6) is 0 Å². The maximum Gasteiger partial charge on any atom is 0.250 e. The average molecular weight is 409 g/mol. The fourth-order valence-electron chi connectivity index (χ4n) is 4.89. The summed E-state index contributed by atoms with van der Waals surface area (Å²) in [6.45, 7) is 4.19. The summed E-state index contributed by atoms with van der Waals surface area (Å²) in [6.07, 6.45) is 3.39. The Labute approximate surface area is 174 Å². The van der Waals surface area contributed by atoms with Gasteiger partial charge in [0, 0.05) is 18.8 Å². The molecule has 2 heterocycles. The Bertz CT molecular complexity index is 1140. The second-order valence-electron chi connectivity index (χ2n) is 8.02. The normalized spacial score (nSPS) is 20.8. The molecule has 0 amide bonds. The number of rotatable bonds is 4. The lowest BCUT2D eigenvalue weighted by Gasteiger charge is -2.41. The smallest absolute Gasteiger partial charge is 0.250 e. The van der Waals surface area contributed by atoms with E-state index in [2.05, 4.69) is 24.0 Å². The van der Waals surface area contributed by atoms with Crippen molar-refractivity contribution in [3.63, 3.8) is 0 Å². The maximum atomic E-state index is 14.4. The topological polar surface area (TPSA) is 47.8 Å². The zero-order valence-electron chi connectivity index (χ0n) is 17.5. The van der Waals surface area contributed by atoms with Gasteiger partial charge < -0.3 is 4.57 Å². The highest BCUT2D eigenvalue weighted by Gasteiger charge is 2.43. The predicted octanol–water partition coefficient (Wildman–Crippen LogP) is 5.10. The third-order valence-corrected chi connectivity index (χ3v) is 6.63. The number of nitrogens with zero attached hydrogens (tertiary/aromatic N) is 3. The van der Waals surface area contributed by atoms with Crippen molar-refractivity contribution >= 4 is 0 Å². The van der Waals surface area contributed by atoms with Crippen LogP contribution >= 0.6 is 0 Å². The fraction of sp³-hybridized carbons (Fsp3) is 0.375. The zero-order valence-corrected chi connectivity index (χ0v) is 17.5. The number of hydrogen-bond acceptors (Lipinski definition) is 3. The third kappa shape index (κ3) is 3.06. The molecule has 4 rings (SSSR count). The van der Waals surface area contributed by atoms with Gasteiger partial charge in [-0.25, -0.2) is 8.78 Å². The van der Waals surface area contributed by atoms with Crippen LogP contribution in [0.4, 0.5) is 8.78 Å². The van der Waals surface area contributed by atoms with Gasteiger partial charge in [0.15, 0.2) is 0 Å². The van der Waals surface area contributed by atoms with E-state index in [1.165, 1.54) is 18.2 Å². The van der Waals surface area contributed by atoms with Gasteiger partial charge in [-0.05, 0) is 61.4 Å². The molecule has 156 valence electrons. The maximum absolute atomic E-state index is 14.4. The third-order valence-electron chi connectivity index (χ3n) is 6.63. The van der Waals surface area contributed by atoms with Gasteiger partial charge in [-0.2, -0.15) is 5.10 Å². The SMILES string of the molecule is CC[C@H]1CC[C@](CC)(c2cccc(=O)n2C)c2nnc(-c3c(F)cccc3F)cc21. The summed E-state index contributed by atoms with van der Waals surface area (Å²) in [5.41, 5.74) is 2.19. The summed E-state index contributed by atoms with van der Waals surface area (Å²) < 4.78 is 30.4. The molecule has 0 saturated carbocycles. The zero-order chi connectivity index (χ0) is 21.5. The van der Waals surface area contributed by atoms with E-state index in [0.29, 0.717) is 0 Å². The van der Waals surface area contributed by atoms with E-state index in [9.17, 15) is 13.6 Å². The highest BCUT2D eigenvalue weighted by Crippen LogP contribution is 2.49. The van der Waals surface area contributed by atoms with Crippen LogP contribution in [0.3, 0.4) is 0 Å². The minimum atomic E-state index is -0.652. The monoisotopic (exact) mass is 409 g/mol. The van der Waals surface area contributed by atoms with Gasteiger partial charge in [0.25, 0.3) is 0 Å². The molecule has 2 atom stereocenters. The Kier molecular flexibility index (Phi) is 5.26. The molecule has 0 bridgehead atoms. The van der Waals surface area contributed by atoms with Crippen LogP contribution in [0.2, 0.25) is 0 Å². The Morgan fingerprint density at radius 1 is 1.10 bits per heavy atom. The van der Waals surface area contributed by atoms with Gasteiger partial charge in [-0.3, -0.25) is 4.79 Å². The van der Waals surface area contributed by atoms with Crippen LogP contribution in [0.1, 0.15) is 62.4 Å². The van der Waals surface area contributed by atoms with E-state index in [0.717, 1.165) is 42.6 Å². The van der Waals surface area contributed by atoms with Crippen LogP contribution in [0.25, 0.3) is 11.3 Å². The molecule has 0 spiro atoms. The van der Waals surface area contributed by atoms with Gasteiger partial charge in [0.1, 0.15) is 11.6 Å². The van der Waals surface area contributed by atoms with Crippen LogP contribution in [-0.2, 0) is 12.5 Å². The molecule has 0 saturated heterocycles. The van der Waals surface area contributed by atoms with Crippen molar-refractivity contribution in [2.24, 2.45) is 7.05 Å². The molecule has 0 N–H and O–H groups in total. The van der Waals surface area contributed by atoms with Gasteiger partial charge in [-0.1, -0.05) is 26.0 Å². The molecule has 1 aliphatic rings. The van der Waals surface area contributed by atoms with Gasteiger partial charge in [0.05, 0.1) is 22.4 Å². The summed E-state index contributed by atoms with van der Waals surface area (Å²) in [4.78, 5) is 12.3. The Balaban J connectivity index is 1.97. The Hall–Kier alpha value is -2.89. The predicted molar refractivity (Wildman–Crippen MR) is 112 cm³/mol. The van der Waals surface area contributed by atoms with E-state index in [1.807, 2.05) is 6.07 Å². The molecule has 0 radical (unpaired) electrons. The fourth-order valence-corrected chi connectivity index (χ4v) is 4.89. The molecule has 0 aliphatic heterocycles. The highest BCUT2D eigenvalue weighted by molar-refractivity contribution is 5.62. The summed E-state index contributed by atoms with van der Waals surface area (Å²) in [5.74, 6) is -1.08. The van der Waals surface area contributed by atoms with Crippen molar-refractivity contribution in [1.82, 2.24) is 14.8 Å². The second kappa shape index (κ2) is 7.74. The summed E-state index contributed by atoms with van der Waals surface area (Å²) in [6, 6.07) is 10.9. The van der Waals surface area contributed by atoms with Gasteiger partial charge in [-0.15, -0.1) is 5.10 Å². The summed E-state index contributed by atoms with van der Waals surface area (Å²) in [5, 5.41) is 8.81. The lowest BCUT2D eigenvalue weighted by Crippen LogP contribution is -2.39. The molecular formula is C24H25F2N3O. The molecule has 6 heteroatoms. The molecule has 3 aromatic rings. The van der Waals surface area contributed by atoms with Crippen molar-refractivity contribution in [2.75, 3.05) is 0 Å². The number of fused-ring (bicyclic) bond motifs is 1. The van der Waals surface area contributed by atoms with Gasteiger partial charge in [0.2, 0.25) is 5.56 Å². The van der Waals surface area contributed by atoms with Crippen molar-refractivity contribution in [3.05, 3.63) is 81.4 Å². The first kappa shape index (κ1) is 20.4. The largest absolute Gasteiger partial charge is 0.315 e. The van der Waals surface area contributed by atoms with E-state index in [1.54, 1.807) is 29.8 Å². The Morgan fingerprint density at radius 2 is 1.80 bits per heavy atom. The second-order valence-corrected chi connectivity index (χ2v) is 8.02. The Morgan fingerprint density at radius 3 is 2.47 bits per heavy atom. The quantitative estimate of drug-likeness (QED) is 0.602. The van der Waals surface area contributed by atoms with E-state index < -0.39 is 17.0 Å². The van der Waals surface area contributed by atoms with E-state index in [-0.39, 0.29) is 22.7 Å². The highest BCUT2D eigenvalue weighted by atomic mass is 19.1. The molecule has 1 aliphatic carbocycles. The number of aromatic nitrogens is 3. The minimum absolute atomic E-state index is 0.0718. The van der Waals surface area contributed by atoms with Crippen LogP contribution in [-0.4, -0.2) is 14.8 Å². The van der Waals surface area contributed by atoms with Crippen LogP contribution in [0, 0.1) is 11.6 Å². The first-order valence-electron chi connectivity index (χ1n) is 10.4. The van der Waals surface area contributed by atoms with Gasteiger partial charge >= 0.3 is 0 Å². The first-order valence-corrected chi connectivity index (χ1v) is 10.4. The average Bonchev–Trinajstić information content (AvgIpc) is 2.75. The summed E-state index contributed by atoms with van der Waals surface area (Å²) in [7, 11) is 1.77. The van der Waals surface area contributed by atoms with Crippen LogP contribution in [0.15, 0.2) is 47.3 Å². The first-order chi connectivity index (χ1) is 14.4. The van der Waals surface area contributed by atoms with E-state index in [4.69, 9.17) is 0 Å². The lowest BCUT2D eigenvalue weighted by atomic mass is 9.65. The molecule has 30 heavy (non-hydrogen) atoms. The number of benzene rings is 1. The number of halogens is 2. The molecule has 0 fully saturated rings. The van der Waals surface area contributed by atoms with Crippen molar-refractivity contribution < 1.29 is 8.78 Å². The lowest BCUT2D eigenvalue weighted by molar-refractivity contribution is 0.343. The molecule has 0 unspecified atom stereocenters. The molecule has 1 aromatic carbocycles. The van der Waals surface area contributed by atoms with Crippen molar-refractivity contribution in [2.45, 2.75) is 50.9 Å².